The number of hydrogen-bond acceptors (Lipinski definition) is 2. The van der Waals surface area contributed by atoms with Gasteiger partial charge in [0.05, 0.1) is 5.69 Å². The van der Waals surface area contributed by atoms with E-state index >= 15 is 0 Å². The molecule has 1 atom stereocenters. The van der Waals surface area contributed by atoms with E-state index in [1.165, 1.54) is 43.6 Å². The smallest absolute Gasteiger partial charge is 0.109 e. The van der Waals surface area contributed by atoms with Gasteiger partial charge in [0.25, 0.3) is 0 Å². The molecular formula is C12H19N3. The second kappa shape index (κ2) is 3.63. The van der Waals surface area contributed by atoms with Crippen LogP contribution in [-0.2, 0) is 6.42 Å². The van der Waals surface area contributed by atoms with Crippen molar-refractivity contribution in [1.82, 2.24) is 14.9 Å². The molecule has 0 radical (unpaired) electrons. The van der Waals surface area contributed by atoms with Gasteiger partial charge >= 0.3 is 0 Å². The molecule has 3 heteroatoms. The summed E-state index contributed by atoms with van der Waals surface area (Å²) in [5, 5.41) is 3.28. The van der Waals surface area contributed by atoms with Gasteiger partial charge in [-0.05, 0) is 32.7 Å². The number of likely N-dealkylation sites (N-methyl/N-ethyl adjacent to an activating group) is 1. The molecule has 1 saturated carbocycles. The molecule has 3 rings (SSSR count). The highest BCUT2D eigenvalue weighted by atomic mass is 15.1. The van der Waals surface area contributed by atoms with E-state index in [1.807, 2.05) is 7.05 Å². The molecule has 2 aliphatic rings. The number of nitrogens with one attached hydrogen (secondary N) is 1. The second-order valence-electron chi connectivity index (χ2n) is 4.87. The molecule has 82 valence electrons. The van der Waals surface area contributed by atoms with Gasteiger partial charge in [-0.25, -0.2) is 4.98 Å². The maximum absolute atomic E-state index is 4.78. The van der Waals surface area contributed by atoms with Crippen molar-refractivity contribution in [1.29, 1.82) is 0 Å². The molecule has 3 nitrogen and oxygen atoms in total. The molecular weight excluding hydrogens is 186 g/mol. The number of nitrogens with zero attached hydrogens (tertiary/aromatic N) is 2. The average molecular weight is 205 g/mol. The quantitative estimate of drug-likeness (QED) is 0.816. The van der Waals surface area contributed by atoms with E-state index in [1.54, 1.807) is 0 Å². The molecule has 0 spiro atoms. The Balaban J connectivity index is 1.88. The van der Waals surface area contributed by atoms with Crippen molar-refractivity contribution >= 4 is 0 Å². The Labute approximate surface area is 90.9 Å². The first-order valence-corrected chi connectivity index (χ1v) is 6.10. The van der Waals surface area contributed by atoms with Gasteiger partial charge in [-0.1, -0.05) is 0 Å². The summed E-state index contributed by atoms with van der Waals surface area (Å²) in [6.45, 7) is 1.08. The van der Waals surface area contributed by atoms with Crippen LogP contribution < -0.4 is 5.32 Å². The third kappa shape index (κ3) is 1.69. The lowest BCUT2D eigenvalue weighted by molar-refractivity contribution is 0.385. The molecule has 0 amide bonds. The fourth-order valence-corrected chi connectivity index (χ4v) is 2.60. The molecule has 1 aliphatic carbocycles. The molecule has 1 N–H and O–H groups in total. The molecule has 15 heavy (non-hydrogen) atoms. The summed E-state index contributed by atoms with van der Waals surface area (Å²) >= 11 is 0. The van der Waals surface area contributed by atoms with E-state index in [4.69, 9.17) is 4.98 Å². The highest BCUT2D eigenvalue weighted by molar-refractivity contribution is 5.16. The van der Waals surface area contributed by atoms with Crippen molar-refractivity contribution in [3.8, 4) is 0 Å². The maximum atomic E-state index is 4.78. The van der Waals surface area contributed by atoms with Crippen LogP contribution in [0.15, 0.2) is 6.20 Å². The van der Waals surface area contributed by atoms with Crippen molar-refractivity contribution < 1.29 is 0 Å². The van der Waals surface area contributed by atoms with Crippen molar-refractivity contribution in [2.75, 3.05) is 13.6 Å². The fraction of sp³-hybridized carbons (Fsp3) is 0.750. The zero-order chi connectivity index (χ0) is 10.3. The molecule has 1 aromatic heterocycles. The number of aromatic nitrogens is 2. The maximum Gasteiger partial charge on any atom is 0.109 e. The summed E-state index contributed by atoms with van der Waals surface area (Å²) in [4.78, 5) is 4.78. The van der Waals surface area contributed by atoms with Crippen LogP contribution in [0.2, 0.25) is 0 Å². The van der Waals surface area contributed by atoms with Gasteiger partial charge in [0.15, 0.2) is 0 Å². The highest BCUT2D eigenvalue weighted by Crippen LogP contribution is 2.40. The summed E-state index contributed by atoms with van der Waals surface area (Å²) in [6, 6.07) is 0.638. The van der Waals surface area contributed by atoms with Crippen molar-refractivity contribution in [2.45, 2.75) is 44.1 Å². The molecule has 0 saturated heterocycles. The molecule has 1 unspecified atom stereocenters. The average Bonchev–Trinajstić information content (AvgIpc) is 2.99. The third-order valence-electron chi connectivity index (χ3n) is 3.59. The highest BCUT2D eigenvalue weighted by Gasteiger charge is 2.29. The second-order valence-corrected chi connectivity index (χ2v) is 4.87. The van der Waals surface area contributed by atoms with E-state index < -0.39 is 0 Å². The van der Waals surface area contributed by atoms with Crippen molar-refractivity contribution in [3.05, 3.63) is 17.7 Å². The van der Waals surface area contributed by atoms with E-state index in [-0.39, 0.29) is 0 Å². The van der Waals surface area contributed by atoms with Gasteiger partial charge in [0.2, 0.25) is 0 Å². The van der Waals surface area contributed by atoms with Gasteiger partial charge in [0, 0.05) is 31.1 Å². The van der Waals surface area contributed by atoms with E-state index in [9.17, 15) is 0 Å². The minimum atomic E-state index is 0.638. The Morgan fingerprint density at radius 1 is 1.47 bits per heavy atom. The number of aryl methyl sites for hydroxylation is 1. The van der Waals surface area contributed by atoms with Crippen LogP contribution in [-0.4, -0.2) is 23.1 Å². The summed E-state index contributed by atoms with van der Waals surface area (Å²) in [5.74, 6) is 2.11. The number of hydrogen-bond donors (Lipinski definition) is 1. The Kier molecular flexibility index (Phi) is 2.28. The predicted octanol–water partition coefficient (Wildman–Crippen LogP) is 1.86. The summed E-state index contributed by atoms with van der Waals surface area (Å²) < 4.78 is 2.42. The first-order chi connectivity index (χ1) is 7.38. The van der Waals surface area contributed by atoms with Crippen LogP contribution in [0.3, 0.4) is 0 Å². The van der Waals surface area contributed by atoms with Crippen LogP contribution in [0.4, 0.5) is 0 Å². The van der Waals surface area contributed by atoms with Gasteiger partial charge < -0.3 is 9.88 Å². The molecule has 1 aromatic rings. The zero-order valence-electron chi connectivity index (χ0n) is 9.37. The lowest BCUT2D eigenvalue weighted by atomic mass is 10.0. The standard InChI is InChI=1S/C12H19N3/c1-13-7-10-3-2-4-12-14-11(8-15(10)12)9-5-6-9/h8-10,13H,2-7H2,1H3. The molecule has 1 fully saturated rings. The minimum Gasteiger partial charge on any atom is -0.330 e. The van der Waals surface area contributed by atoms with Crippen LogP contribution in [0.5, 0.6) is 0 Å². The van der Waals surface area contributed by atoms with Crippen molar-refractivity contribution in [2.24, 2.45) is 0 Å². The fourth-order valence-electron chi connectivity index (χ4n) is 2.60. The first-order valence-electron chi connectivity index (χ1n) is 6.10. The molecule has 0 bridgehead atoms. The SMILES string of the molecule is CNCC1CCCc2nc(C3CC3)cn21. The van der Waals surface area contributed by atoms with Gasteiger partial charge in [0.1, 0.15) is 5.82 Å². The lowest BCUT2D eigenvalue weighted by Crippen LogP contribution is -2.26. The van der Waals surface area contributed by atoms with Gasteiger partial charge in [-0.15, -0.1) is 0 Å². The van der Waals surface area contributed by atoms with Gasteiger partial charge in [-0.2, -0.15) is 0 Å². The van der Waals surface area contributed by atoms with Crippen molar-refractivity contribution in [3.63, 3.8) is 0 Å². The molecule has 2 heterocycles. The zero-order valence-corrected chi connectivity index (χ0v) is 9.37. The Hall–Kier alpha value is -0.830. The third-order valence-corrected chi connectivity index (χ3v) is 3.59. The predicted molar refractivity (Wildman–Crippen MR) is 60.1 cm³/mol. The topological polar surface area (TPSA) is 29.9 Å². The van der Waals surface area contributed by atoms with E-state index in [0.29, 0.717) is 6.04 Å². The van der Waals surface area contributed by atoms with Crippen LogP contribution in [0.25, 0.3) is 0 Å². The summed E-state index contributed by atoms with van der Waals surface area (Å²) in [7, 11) is 2.03. The number of rotatable bonds is 3. The van der Waals surface area contributed by atoms with E-state index in [2.05, 4.69) is 16.1 Å². The number of imidazole rings is 1. The Morgan fingerprint density at radius 3 is 3.07 bits per heavy atom. The minimum absolute atomic E-state index is 0.638. The largest absolute Gasteiger partial charge is 0.330 e. The number of fused-ring (bicyclic) bond motifs is 1. The normalized spacial score (nSPS) is 25.3. The van der Waals surface area contributed by atoms with E-state index in [0.717, 1.165) is 12.5 Å². The molecule has 0 aromatic carbocycles. The Morgan fingerprint density at radius 2 is 2.33 bits per heavy atom. The van der Waals surface area contributed by atoms with Crippen LogP contribution in [0, 0.1) is 0 Å². The Bertz CT molecular complexity index is 352. The van der Waals surface area contributed by atoms with Crippen LogP contribution in [0.1, 0.15) is 49.2 Å². The van der Waals surface area contributed by atoms with Gasteiger partial charge in [-0.3, -0.25) is 0 Å². The molecule has 1 aliphatic heterocycles. The summed E-state index contributed by atoms with van der Waals surface area (Å²) in [6.07, 6.45) is 8.79. The van der Waals surface area contributed by atoms with Crippen LogP contribution >= 0.6 is 0 Å². The monoisotopic (exact) mass is 205 g/mol. The first kappa shape index (κ1) is 9.40. The lowest BCUT2D eigenvalue weighted by Gasteiger charge is -2.24. The summed E-state index contributed by atoms with van der Waals surface area (Å²) in [5.41, 5.74) is 1.35.